The van der Waals surface area contributed by atoms with Crippen molar-refractivity contribution >= 4 is 29.4 Å². The molecule has 0 aliphatic carbocycles. The van der Waals surface area contributed by atoms with E-state index in [2.05, 4.69) is 15.0 Å². The first kappa shape index (κ1) is 12.8. The van der Waals surface area contributed by atoms with E-state index in [-0.39, 0.29) is 17.7 Å². The van der Waals surface area contributed by atoms with E-state index in [4.69, 9.17) is 11.6 Å². The number of rotatable bonds is 2. The molecule has 0 N–H and O–H groups in total. The minimum absolute atomic E-state index is 0.0455. The van der Waals surface area contributed by atoms with Crippen LogP contribution in [0.4, 0.5) is 11.9 Å². The van der Waals surface area contributed by atoms with Crippen molar-refractivity contribution in [2.24, 2.45) is 0 Å². The molecule has 0 aromatic carbocycles. The van der Waals surface area contributed by atoms with Gasteiger partial charge in [-0.3, -0.25) is 4.79 Å². The summed E-state index contributed by atoms with van der Waals surface area (Å²) >= 11 is 5.87. The van der Waals surface area contributed by atoms with Crippen molar-refractivity contribution in [1.29, 1.82) is 0 Å². The van der Waals surface area contributed by atoms with E-state index in [1.54, 1.807) is 16.8 Å². The number of carbonyl (C=O) groups is 1. The third-order valence-electron chi connectivity index (χ3n) is 2.72. The van der Waals surface area contributed by atoms with Gasteiger partial charge in [-0.05, 0) is 11.6 Å². The van der Waals surface area contributed by atoms with Crippen molar-refractivity contribution < 1.29 is 4.79 Å². The molecule has 2 heterocycles. The highest BCUT2D eigenvalue weighted by molar-refractivity contribution is 6.28. The Morgan fingerprint density at radius 1 is 1.22 bits per heavy atom. The number of nitrogens with zero attached hydrogens (tertiary/aromatic N) is 6. The SMILES string of the molecule is CN1CCN(c2nc(Cl)nc(N(C)C)n2)CC1=O. The lowest BCUT2D eigenvalue weighted by Gasteiger charge is -2.32. The minimum atomic E-state index is 0.0455. The third kappa shape index (κ3) is 2.61. The van der Waals surface area contributed by atoms with E-state index in [0.29, 0.717) is 25.0 Å². The second kappa shape index (κ2) is 4.93. The van der Waals surface area contributed by atoms with E-state index in [1.807, 2.05) is 19.0 Å². The van der Waals surface area contributed by atoms with Gasteiger partial charge < -0.3 is 14.7 Å². The summed E-state index contributed by atoms with van der Waals surface area (Å²) in [6.45, 7) is 1.61. The molecule has 2 rings (SSSR count). The maximum atomic E-state index is 11.7. The molecule has 8 heteroatoms. The summed E-state index contributed by atoms with van der Waals surface area (Å²) in [4.78, 5) is 29.3. The molecule has 18 heavy (non-hydrogen) atoms. The molecule has 1 amide bonds. The van der Waals surface area contributed by atoms with Crippen LogP contribution in [0.5, 0.6) is 0 Å². The van der Waals surface area contributed by atoms with Gasteiger partial charge in [-0.2, -0.15) is 15.0 Å². The van der Waals surface area contributed by atoms with Crippen LogP contribution in [-0.4, -0.2) is 66.5 Å². The van der Waals surface area contributed by atoms with Crippen LogP contribution in [0.15, 0.2) is 0 Å². The highest BCUT2D eigenvalue weighted by Crippen LogP contribution is 2.16. The average molecular weight is 271 g/mol. The van der Waals surface area contributed by atoms with Gasteiger partial charge in [0, 0.05) is 34.2 Å². The molecule has 1 saturated heterocycles. The van der Waals surface area contributed by atoms with Gasteiger partial charge in [0.2, 0.25) is 23.1 Å². The summed E-state index contributed by atoms with van der Waals surface area (Å²) in [6, 6.07) is 0. The van der Waals surface area contributed by atoms with Gasteiger partial charge in [-0.1, -0.05) is 0 Å². The summed E-state index contributed by atoms with van der Waals surface area (Å²) < 4.78 is 0. The molecule has 0 spiro atoms. The zero-order valence-corrected chi connectivity index (χ0v) is 11.3. The topological polar surface area (TPSA) is 65.5 Å². The number of hydrogen-bond donors (Lipinski definition) is 0. The first-order valence-corrected chi connectivity index (χ1v) is 5.93. The molecule has 7 nitrogen and oxygen atoms in total. The molecular weight excluding hydrogens is 256 g/mol. The number of piperazine rings is 1. The Labute approximate surface area is 110 Å². The molecule has 1 aliphatic heterocycles. The van der Waals surface area contributed by atoms with Crippen LogP contribution < -0.4 is 9.80 Å². The lowest BCUT2D eigenvalue weighted by molar-refractivity contribution is -0.129. The Balaban J connectivity index is 2.25. The van der Waals surface area contributed by atoms with Gasteiger partial charge in [0.25, 0.3) is 0 Å². The number of aromatic nitrogens is 3. The zero-order chi connectivity index (χ0) is 13.3. The summed E-state index contributed by atoms with van der Waals surface area (Å²) in [5.74, 6) is 0.973. The van der Waals surface area contributed by atoms with E-state index in [1.165, 1.54) is 0 Å². The van der Waals surface area contributed by atoms with Gasteiger partial charge in [-0.25, -0.2) is 0 Å². The smallest absolute Gasteiger partial charge is 0.242 e. The van der Waals surface area contributed by atoms with Gasteiger partial charge in [-0.15, -0.1) is 0 Å². The monoisotopic (exact) mass is 270 g/mol. The van der Waals surface area contributed by atoms with E-state index in [9.17, 15) is 4.79 Å². The Morgan fingerprint density at radius 2 is 1.94 bits per heavy atom. The Bertz CT molecular complexity index is 466. The van der Waals surface area contributed by atoms with Crippen LogP contribution in [0.2, 0.25) is 5.28 Å². The molecular formula is C10H15ClN6O. The fraction of sp³-hybridized carbons (Fsp3) is 0.600. The number of amides is 1. The molecule has 1 aromatic rings. The van der Waals surface area contributed by atoms with Crippen molar-refractivity contribution in [2.75, 3.05) is 50.6 Å². The maximum absolute atomic E-state index is 11.7. The van der Waals surface area contributed by atoms with Crippen molar-refractivity contribution in [1.82, 2.24) is 19.9 Å². The lowest BCUT2D eigenvalue weighted by atomic mass is 10.3. The molecule has 0 bridgehead atoms. The van der Waals surface area contributed by atoms with Gasteiger partial charge in [0.15, 0.2) is 0 Å². The summed E-state index contributed by atoms with van der Waals surface area (Å²) in [5, 5.41) is 0.134. The van der Waals surface area contributed by atoms with Crippen molar-refractivity contribution in [3.63, 3.8) is 0 Å². The molecule has 1 fully saturated rings. The van der Waals surface area contributed by atoms with Crippen LogP contribution in [0, 0.1) is 0 Å². The maximum Gasteiger partial charge on any atom is 0.242 e. The molecule has 0 unspecified atom stereocenters. The molecule has 0 atom stereocenters. The molecule has 1 aromatic heterocycles. The van der Waals surface area contributed by atoms with Crippen LogP contribution in [-0.2, 0) is 4.79 Å². The van der Waals surface area contributed by atoms with Gasteiger partial charge in [0.1, 0.15) is 0 Å². The Morgan fingerprint density at radius 3 is 2.56 bits per heavy atom. The Kier molecular flexibility index (Phi) is 3.51. The number of likely N-dealkylation sites (N-methyl/N-ethyl adjacent to an activating group) is 1. The normalized spacial score (nSPS) is 16.1. The van der Waals surface area contributed by atoms with Crippen LogP contribution in [0.25, 0.3) is 0 Å². The molecule has 0 radical (unpaired) electrons. The number of hydrogen-bond acceptors (Lipinski definition) is 6. The fourth-order valence-electron chi connectivity index (χ4n) is 1.60. The molecule has 1 aliphatic rings. The number of halogens is 1. The standard InChI is InChI=1S/C10H15ClN6O/c1-15(2)9-12-8(11)13-10(14-9)17-5-4-16(3)7(18)6-17/h4-6H2,1-3H3. The predicted octanol–water partition coefficient (Wildman–Crippen LogP) is -0.131. The zero-order valence-electron chi connectivity index (χ0n) is 10.6. The molecule has 0 saturated carbocycles. The first-order valence-electron chi connectivity index (χ1n) is 5.55. The Hall–Kier alpha value is -1.63. The van der Waals surface area contributed by atoms with E-state index >= 15 is 0 Å². The van der Waals surface area contributed by atoms with E-state index in [0.717, 1.165) is 0 Å². The van der Waals surface area contributed by atoms with Gasteiger partial charge in [0.05, 0.1) is 6.54 Å². The van der Waals surface area contributed by atoms with E-state index < -0.39 is 0 Å². The summed E-state index contributed by atoms with van der Waals surface area (Å²) in [5.41, 5.74) is 0. The highest BCUT2D eigenvalue weighted by atomic mass is 35.5. The van der Waals surface area contributed by atoms with Crippen LogP contribution in [0.1, 0.15) is 0 Å². The second-order valence-corrected chi connectivity index (χ2v) is 4.67. The third-order valence-corrected chi connectivity index (χ3v) is 2.89. The summed E-state index contributed by atoms with van der Waals surface area (Å²) in [7, 11) is 5.43. The van der Waals surface area contributed by atoms with Crippen LogP contribution in [0.3, 0.4) is 0 Å². The lowest BCUT2D eigenvalue weighted by Crippen LogP contribution is -2.49. The summed E-state index contributed by atoms with van der Waals surface area (Å²) in [6.07, 6.45) is 0. The number of carbonyl (C=O) groups excluding carboxylic acids is 1. The average Bonchev–Trinajstić information content (AvgIpc) is 2.31. The van der Waals surface area contributed by atoms with Crippen LogP contribution >= 0.6 is 11.6 Å². The second-order valence-electron chi connectivity index (χ2n) is 4.34. The van der Waals surface area contributed by atoms with Crippen molar-refractivity contribution in [2.45, 2.75) is 0 Å². The van der Waals surface area contributed by atoms with Gasteiger partial charge >= 0.3 is 0 Å². The minimum Gasteiger partial charge on any atom is -0.347 e. The number of anilines is 2. The van der Waals surface area contributed by atoms with Crippen molar-refractivity contribution in [3.05, 3.63) is 5.28 Å². The fourth-order valence-corrected chi connectivity index (χ4v) is 1.75. The highest BCUT2D eigenvalue weighted by Gasteiger charge is 2.23. The first-order chi connectivity index (χ1) is 8.47. The largest absolute Gasteiger partial charge is 0.347 e. The molecule has 98 valence electrons. The van der Waals surface area contributed by atoms with Crippen molar-refractivity contribution in [3.8, 4) is 0 Å². The quantitative estimate of drug-likeness (QED) is 0.746. The predicted molar refractivity (Wildman–Crippen MR) is 69.0 cm³/mol.